The first-order chi connectivity index (χ1) is 11.4. The molecule has 1 atom stereocenters. The van der Waals surface area contributed by atoms with E-state index in [1.165, 1.54) is 8.61 Å². The number of benzene rings is 1. The Morgan fingerprint density at radius 1 is 1.12 bits per heavy atom. The second-order valence-corrected chi connectivity index (χ2v) is 8.09. The number of methoxy groups -OCH3 is 1. The van der Waals surface area contributed by atoms with Gasteiger partial charge in [-0.3, -0.25) is 4.79 Å². The molecule has 0 saturated carbocycles. The third-order valence-corrected chi connectivity index (χ3v) is 6.70. The minimum Gasteiger partial charge on any atom is -0.497 e. The van der Waals surface area contributed by atoms with Crippen molar-refractivity contribution in [2.45, 2.75) is 25.8 Å². The van der Waals surface area contributed by atoms with E-state index < -0.39 is 10.2 Å². The fourth-order valence-electron chi connectivity index (χ4n) is 3.22. The molecule has 0 aliphatic carbocycles. The van der Waals surface area contributed by atoms with Gasteiger partial charge in [-0.2, -0.15) is 17.0 Å². The molecule has 1 amide bonds. The molecule has 7 nitrogen and oxygen atoms in total. The molecular formula is C16H23N3O4S. The van der Waals surface area contributed by atoms with Crippen LogP contribution >= 0.6 is 0 Å². The molecule has 0 bridgehead atoms. The highest BCUT2D eigenvalue weighted by atomic mass is 32.2. The molecule has 3 rings (SSSR count). The highest BCUT2D eigenvalue weighted by Crippen LogP contribution is 2.26. The zero-order valence-electron chi connectivity index (χ0n) is 14.0. The molecule has 1 aromatic carbocycles. The van der Waals surface area contributed by atoms with E-state index in [2.05, 4.69) is 0 Å². The molecule has 2 heterocycles. The fraction of sp³-hybridized carbons (Fsp3) is 0.562. The molecule has 1 aromatic rings. The number of anilines is 1. The van der Waals surface area contributed by atoms with Crippen molar-refractivity contribution in [3.63, 3.8) is 0 Å². The van der Waals surface area contributed by atoms with Crippen molar-refractivity contribution < 1.29 is 17.9 Å². The van der Waals surface area contributed by atoms with Crippen molar-refractivity contribution in [3.8, 4) is 5.75 Å². The number of carbonyl (C=O) groups excluding carboxylic acids is 1. The second-order valence-electron chi connectivity index (χ2n) is 6.21. The summed E-state index contributed by atoms with van der Waals surface area (Å²) >= 11 is 0. The van der Waals surface area contributed by atoms with Crippen LogP contribution in [0.25, 0.3) is 0 Å². The van der Waals surface area contributed by atoms with E-state index in [9.17, 15) is 13.2 Å². The van der Waals surface area contributed by atoms with Crippen LogP contribution in [0.2, 0.25) is 0 Å². The number of rotatable bonds is 4. The van der Waals surface area contributed by atoms with Gasteiger partial charge in [-0.1, -0.05) is 0 Å². The molecule has 0 unspecified atom stereocenters. The molecule has 8 heteroatoms. The number of hydrogen-bond donors (Lipinski definition) is 0. The van der Waals surface area contributed by atoms with Gasteiger partial charge in [-0.15, -0.1) is 0 Å². The van der Waals surface area contributed by atoms with Gasteiger partial charge in [0.05, 0.1) is 13.7 Å². The maximum atomic E-state index is 12.7. The minimum absolute atomic E-state index is 0.119. The van der Waals surface area contributed by atoms with Gasteiger partial charge in [0.2, 0.25) is 5.91 Å². The Balaban J connectivity index is 1.77. The average Bonchev–Trinajstić information content (AvgIpc) is 3.12. The van der Waals surface area contributed by atoms with Crippen LogP contribution in [0.15, 0.2) is 24.3 Å². The van der Waals surface area contributed by atoms with Crippen LogP contribution < -0.4 is 9.64 Å². The summed E-state index contributed by atoms with van der Waals surface area (Å²) in [6.45, 7) is 3.16. The molecule has 24 heavy (non-hydrogen) atoms. The Morgan fingerprint density at radius 2 is 1.75 bits per heavy atom. The summed E-state index contributed by atoms with van der Waals surface area (Å²) in [6.07, 6.45) is 1.76. The fourth-order valence-corrected chi connectivity index (χ4v) is 5.03. The van der Waals surface area contributed by atoms with Crippen LogP contribution in [0.5, 0.6) is 5.75 Å². The van der Waals surface area contributed by atoms with Gasteiger partial charge in [0, 0.05) is 31.4 Å². The number of nitrogens with zero attached hydrogens (tertiary/aromatic N) is 3. The number of hydrogen-bond acceptors (Lipinski definition) is 4. The molecule has 2 saturated heterocycles. The van der Waals surface area contributed by atoms with Crippen molar-refractivity contribution in [1.82, 2.24) is 8.61 Å². The summed E-state index contributed by atoms with van der Waals surface area (Å²) in [7, 11) is -1.97. The lowest BCUT2D eigenvalue weighted by Gasteiger charge is -2.39. The topological polar surface area (TPSA) is 70.2 Å². The van der Waals surface area contributed by atoms with E-state index in [4.69, 9.17) is 4.74 Å². The first-order valence-corrected chi connectivity index (χ1v) is 9.54. The van der Waals surface area contributed by atoms with Gasteiger partial charge in [-0.25, -0.2) is 0 Å². The van der Waals surface area contributed by atoms with Gasteiger partial charge in [0.25, 0.3) is 10.2 Å². The number of ether oxygens (including phenoxy) is 1. The molecule has 2 aliphatic heterocycles. The van der Waals surface area contributed by atoms with E-state index in [0.717, 1.165) is 24.3 Å². The Morgan fingerprint density at radius 3 is 2.33 bits per heavy atom. The smallest absolute Gasteiger partial charge is 0.282 e. The maximum Gasteiger partial charge on any atom is 0.282 e. The first-order valence-electron chi connectivity index (χ1n) is 8.15. The molecule has 2 aliphatic rings. The van der Waals surface area contributed by atoms with Crippen molar-refractivity contribution in [3.05, 3.63) is 24.3 Å². The van der Waals surface area contributed by atoms with Gasteiger partial charge >= 0.3 is 0 Å². The first kappa shape index (κ1) is 17.2. The molecule has 0 spiro atoms. The normalized spacial score (nSPS) is 23.7. The van der Waals surface area contributed by atoms with E-state index in [1.807, 2.05) is 19.1 Å². The standard InChI is InChI=1S/C16H23N3O4S/c1-13-11-18(14-5-7-15(23-2)8-6-14)16(20)12-19(13)24(21,22)17-9-3-4-10-17/h5-8,13H,3-4,9-12H2,1-2H3/t13-/m0/s1. The zero-order valence-corrected chi connectivity index (χ0v) is 14.8. The Hall–Kier alpha value is -1.64. The molecule has 0 N–H and O–H groups in total. The van der Waals surface area contributed by atoms with Crippen molar-refractivity contribution in [2.75, 3.05) is 38.2 Å². The van der Waals surface area contributed by atoms with Crippen LogP contribution in [0.1, 0.15) is 19.8 Å². The van der Waals surface area contributed by atoms with Crippen molar-refractivity contribution in [1.29, 1.82) is 0 Å². The van der Waals surface area contributed by atoms with Gasteiger partial charge < -0.3 is 9.64 Å². The Kier molecular flexibility index (Phi) is 4.80. The summed E-state index contributed by atoms with van der Waals surface area (Å²) in [6, 6.07) is 6.94. The zero-order chi connectivity index (χ0) is 17.3. The summed E-state index contributed by atoms with van der Waals surface area (Å²) in [5.74, 6) is 0.510. The van der Waals surface area contributed by atoms with Gasteiger partial charge in [0.15, 0.2) is 0 Å². The second kappa shape index (κ2) is 6.70. The molecular weight excluding hydrogens is 330 g/mol. The summed E-state index contributed by atoms with van der Waals surface area (Å²) in [5, 5.41) is 0. The lowest BCUT2D eigenvalue weighted by atomic mass is 10.2. The molecule has 0 radical (unpaired) electrons. The summed E-state index contributed by atoms with van der Waals surface area (Å²) in [4.78, 5) is 14.2. The summed E-state index contributed by atoms with van der Waals surface area (Å²) < 4.78 is 33.4. The number of carbonyl (C=O) groups is 1. The third kappa shape index (κ3) is 3.13. The predicted octanol–water partition coefficient (Wildman–Crippen LogP) is 1.07. The Labute approximate surface area is 143 Å². The van der Waals surface area contributed by atoms with E-state index >= 15 is 0 Å². The van der Waals surface area contributed by atoms with Crippen molar-refractivity contribution >= 4 is 21.8 Å². The minimum atomic E-state index is -3.56. The van der Waals surface area contributed by atoms with Crippen molar-refractivity contribution in [2.24, 2.45) is 0 Å². The third-order valence-electron chi connectivity index (χ3n) is 4.60. The number of amides is 1. The largest absolute Gasteiger partial charge is 0.497 e. The van der Waals surface area contributed by atoms with Crippen LogP contribution in [-0.2, 0) is 15.0 Å². The van der Waals surface area contributed by atoms with Gasteiger partial charge in [-0.05, 0) is 44.0 Å². The van der Waals surface area contributed by atoms with Crippen LogP contribution in [0, 0.1) is 0 Å². The van der Waals surface area contributed by atoms with Crippen LogP contribution in [-0.4, -0.2) is 62.3 Å². The predicted molar refractivity (Wildman–Crippen MR) is 91.2 cm³/mol. The SMILES string of the molecule is COc1ccc(N2C[C@H](C)N(S(=O)(=O)N3CCCC3)CC2=O)cc1. The van der Waals surface area contributed by atoms with Crippen LogP contribution in [0.3, 0.4) is 0 Å². The summed E-state index contributed by atoms with van der Waals surface area (Å²) in [5.41, 5.74) is 0.755. The number of piperazine rings is 1. The van der Waals surface area contributed by atoms with E-state index in [1.54, 1.807) is 24.1 Å². The Bertz CT molecular complexity index is 699. The monoisotopic (exact) mass is 353 g/mol. The lowest BCUT2D eigenvalue weighted by molar-refractivity contribution is -0.120. The van der Waals surface area contributed by atoms with E-state index in [0.29, 0.717) is 19.6 Å². The van der Waals surface area contributed by atoms with E-state index in [-0.39, 0.29) is 18.5 Å². The maximum absolute atomic E-state index is 12.7. The molecule has 132 valence electrons. The average molecular weight is 353 g/mol. The van der Waals surface area contributed by atoms with Crippen LogP contribution in [0.4, 0.5) is 5.69 Å². The lowest BCUT2D eigenvalue weighted by Crippen LogP contribution is -2.59. The highest BCUT2D eigenvalue weighted by Gasteiger charge is 2.40. The molecule has 2 fully saturated rings. The molecule has 0 aromatic heterocycles. The van der Waals surface area contributed by atoms with Gasteiger partial charge in [0.1, 0.15) is 5.75 Å². The highest BCUT2D eigenvalue weighted by molar-refractivity contribution is 7.86. The quantitative estimate of drug-likeness (QED) is 0.812.